The Morgan fingerprint density at radius 1 is 1.15 bits per heavy atom. The molecule has 0 unspecified atom stereocenters. The molecular weight excluding hydrogens is 328 g/mol. The summed E-state index contributed by atoms with van der Waals surface area (Å²) >= 11 is 0. The van der Waals surface area contributed by atoms with Crippen molar-refractivity contribution in [3.8, 4) is 5.75 Å². The molecular formula is C21H24N2O3. The van der Waals surface area contributed by atoms with E-state index < -0.39 is 0 Å². The molecule has 5 heteroatoms. The summed E-state index contributed by atoms with van der Waals surface area (Å²) in [5, 5.41) is 4.97. The second kappa shape index (κ2) is 8.54. The first-order valence-electron chi connectivity index (χ1n) is 8.80. The number of carbonyl (C=O) groups is 1. The molecule has 136 valence electrons. The number of ether oxygens (including phenoxy) is 2. The van der Waals surface area contributed by atoms with E-state index in [4.69, 9.17) is 4.74 Å². The molecule has 0 amide bonds. The molecule has 26 heavy (non-hydrogen) atoms. The van der Waals surface area contributed by atoms with Crippen molar-refractivity contribution in [1.29, 1.82) is 0 Å². The fourth-order valence-electron chi connectivity index (χ4n) is 3.33. The number of benzene rings is 2. The molecule has 0 saturated carbocycles. The van der Waals surface area contributed by atoms with Gasteiger partial charge in [-0.3, -0.25) is 4.79 Å². The molecule has 5 nitrogen and oxygen atoms in total. The van der Waals surface area contributed by atoms with E-state index >= 15 is 0 Å². The topological polar surface area (TPSA) is 63.4 Å². The number of hydrogen-bond acceptors (Lipinski definition) is 4. The van der Waals surface area contributed by atoms with Gasteiger partial charge in [0.2, 0.25) is 0 Å². The van der Waals surface area contributed by atoms with E-state index in [1.807, 2.05) is 12.1 Å². The number of nitrogens with one attached hydrogen (secondary N) is 2. The van der Waals surface area contributed by atoms with Gasteiger partial charge < -0.3 is 19.8 Å². The van der Waals surface area contributed by atoms with Crippen LogP contribution in [-0.2, 0) is 16.0 Å². The summed E-state index contributed by atoms with van der Waals surface area (Å²) < 4.78 is 9.40. The van der Waals surface area contributed by atoms with Gasteiger partial charge in [0.15, 0.2) is 0 Å². The minimum atomic E-state index is 0.229. The van der Waals surface area contributed by atoms with Crippen molar-refractivity contribution in [2.75, 3.05) is 20.3 Å². The molecule has 0 saturated heterocycles. The van der Waals surface area contributed by atoms with Crippen molar-refractivity contribution in [1.82, 2.24) is 10.3 Å². The van der Waals surface area contributed by atoms with Crippen molar-refractivity contribution in [3.63, 3.8) is 0 Å². The lowest BCUT2D eigenvalue weighted by Crippen LogP contribution is -2.30. The Morgan fingerprint density at radius 2 is 1.92 bits per heavy atom. The van der Waals surface area contributed by atoms with Crippen LogP contribution in [0, 0.1) is 0 Å². The van der Waals surface area contributed by atoms with Crippen LogP contribution in [-0.4, -0.2) is 31.7 Å². The number of aromatic amines is 1. The molecule has 0 radical (unpaired) electrons. The molecule has 0 aliphatic carbocycles. The predicted octanol–water partition coefficient (Wildman–Crippen LogP) is 3.59. The standard InChI is InChI=1S/C18H18N2O.C3H6O2/c1-21-13-8-6-12(7-9-13)17-18-15(10-11-19-17)14-4-2-3-5-16(14)20-18;1-2-5-3-4/h2-9,17,19-20H,10-11H2,1H3;3H,2H2,1H3/t17-;/m0./s1. The molecule has 0 spiro atoms. The number of H-pyrrole nitrogens is 1. The molecule has 1 atom stereocenters. The van der Waals surface area contributed by atoms with Crippen molar-refractivity contribution in [2.24, 2.45) is 0 Å². The zero-order chi connectivity index (χ0) is 18.4. The Bertz CT molecular complexity index is 855. The maximum Gasteiger partial charge on any atom is 0.293 e. The van der Waals surface area contributed by atoms with Gasteiger partial charge >= 0.3 is 0 Å². The second-order valence-corrected chi connectivity index (χ2v) is 6.02. The number of fused-ring (bicyclic) bond motifs is 3. The number of hydrogen-bond donors (Lipinski definition) is 2. The summed E-state index contributed by atoms with van der Waals surface area (Å²) in [6.45, 7) is 3.67. The minimum absolute atomic E-state index is 0.229. The van der Waals surface area contributed by atoms with Crippen LogP contribution >= 0.6 is 0 Å². The second-order valence-electron chi connectivity index (χ2n) is 6.02. The van der Waals surface area contributed by atoms with Gasteiger partial charge in [0.1, 0.15) is 5.75 Å². The highest BCUT2D eigenvalue weighted by atomic mass is 16.5. The summed E-state index contributed by atoms with van der Waals surface area (Å²) in [6.07, 6.45) is 1.08. The molecule has 1 aliphatic rings. The van der Waals surface area contributed by atoms with Crippen LogP contribution in [0.25, 0.3) is 10.9 Å². The largest absolute Gasteiger partial charge is 0.497 e. The van der Waals surface area contributed by atoms with E-state index in [0.29, 0.717) is 13.1 Å². The van der Waals surface area contributed by atoms with Crippen molar-refractivity contribution in [2.45, 2.75) is 19.4 Å². The average molecular weight is 352 g/mol. The molecule has 3 aromatic rings. The van der Waals surface area contributed by atoms with Gasteiger partial charge in [-0.1, -0.05) is 30.3 Å². The number of carbonyl (C=O) groups excluding carboxylic acids is 1. The molecule has 2 heterocycles. The monoisotopic (exact) mass is 352 g/mol. The predicted molar refractivity (Wildman–Crippen MR) is 103 cm³/mol. The number of methoxy groups -OCH3 is 1. The lowest BCUT2D eigenvalue weighted by atomic mass is 9.94. The maximum absolute atomic E-state index is 9.18. The van der Waals surface area contributed by atoms with E-state index in [9.17, 15) is 4.79 Å². The zero-order valence-electron chi connectivity index (χ0n) is 15.1. The Labute approximate surface area is 153 Å². The first kappa shape index (κ1) is 18.0. The number of aromatic nitrogens is 1. The quantitative estimate of drug-likeness (QED) is 0.705. The van der Waals surface area contributed by atoms with Crippen molar-refractivity contribution < 1.29 is 14.3 Å². The van der Waals surface area contributed by atoms with E-state index in [1.54, 1.807) is 14.0 Å². The Hall–Kier alpha value is -2.79. The van der Waals surface area contributed by atoms with Crippen LogP contribution in [0.3, 0.4) is 0 Å². The first-order chi connectivity index (χ1) is 12.8. The molecule has 1 aromatic heterocycles. The van der Waals surface area contributed by atoms with Crippen LogP contribution < -0.4 is 10.1 Å². The van der Waals surface area contributed by atoms with Gasteiger partial charge in [0, 0.05) is 23.1 Å². The summed E-state index contributed by atoms with van der Waals surface area (Å²) in [7, 11) is 1.70. The highest BCUT2D eigenvalue weighted by Crippen LogP contribution is 2.33. The number of para-hydroxylation sites is 1. The zero-order valence-corrected chi connectivity index (χ0v) is 15.1. The smallest absolute Gasteiger partial charge is 0.293 e. The summed E-state index contributed by atoms with van der Waals surface area (Å²) in [5.41, 5.74) is 5.24. The van der Waals surface area contributed by atoms with Gasteiger partial charge in [-0.15, -0.1) is 0 Å². The van der Waals surface area contributed by atoms with Gasteiger partial charge in [-0.05, 0) is 42.7 Å². The van der Waals surface area contributed by atoms with Crippen LogP contribution in [0.1, 0.15) is 29.8 Å². The lowest BCUT2D eigenvalue weighted by molar-refractivity contribution is -0.128. The SMILES string of the molecule is CCOC=O.COc1ccc([C@@H]2NCCc3c2[nH]c2ccccc32)cc1. The third-order valence-corrected chi connectivity index (χ3v) is 4.54. The minimum Gasteiger partial charge on any atom is -0.497 e. The fourth-order valence-corrected chi connectivity index (χ4v) is 3.33. The van der Waals surface area contributed by atoms with Gasteiger partial charge in [-0.2, -0.15) is 0 Å². The normalized spacial score (nSPS) is 15.5. The van der Waals surface area contributed by atoms with E-state index in [0.717, 1.165) is 18.7 Å². The highest BCUT2D eigenvalue weighted by Gasteiger charge is 2.24. The van der Waals surface area contributed by atoms with Crippen molar-refractivity contribution >= 4 is 17.4 Å². The average Bonchev–Trinajstić information content (AvgIpc) is 3.08. The molecule has 4 rings (SSSR count). The Morgan fingerprint density at radius 3 is 2.58 bits per heavy atom. The third kappa shape index (κ3) is 3.73. The van der Waals surface area contributed by atoms with E-state index in [1.165, 1.54) is 27.7 Å². The van der Waals surface area contributed by atoms with Gasteiger partial charge in [0.05, 0.1) is 19.8 Å². The van der Waals surface area contributed by atoms with Gasteiger partial charge in [-0.25, -0.2) is 0 Å². The van der Waals surface area contributed by atoms with Crippen LogP contribution in [0.5, 0.6) is 5.75 Å². The first-order valence-corrected chi connectivity index (χ1v) is 8.80. The van der Waals surface area contributed by atoms with Gasteiger partial charge in [0.25, 0.3) is 6.47 Å². The van der Waals surface area contributed by atoms with Crippen LogP contribution in [0.2, 0.25) is 0 Å². The van der Waals surface area contributed by atoms with E-state index in [2.05, 4.69) is 51.4 Å². The number of rotatable bonds is 4. The van der Waals surface area contributed by atoms with Crippen LogP contribution in [0.15, 0.2) is 48.5 Å². The van der Waals surface area contributed by atoms with Crippen molar-refractivity contribution in [3.05, 3.63) is 65.4 Å². The van der Waals surface area contributed by atoms with Crippen LogP contribution in [0.4, 0.5) is 0 Å². The third-order valence-electron chi connectivity index (χ3n) is 4.54. The summed E-state index contributed by atoms with van der Waals surface area (Å²) in [4.78, 5) is 12.8. The lowest BCUT2D eigenvalue weighted by Gasteiger charge is -2.25. The Balaban J connectivity index is 0.000000349. The fraction of sp³-hybridized carbons (Fsp3) is 0.286. The summed E-state index contributed by atoms with van der Waals surface area (Å²) in [5.74, 6) is 0.895. The molecule has 2 N–H and O–H groups in total. The molecule has 2 aromatic carbocycles. The van der Waals surface area contributed by atoms with E-state index in [-0.39, 0.29) is 6.04 Å². The summed E-state index contributed by atoms with van der Waals surface area (Å²) in [6, 6.07) is 17.1. The molecule has 0 bridgehead atoms. The molecule has 1 aliphatic heterocycles. The Kier molecular flexibility index (Phi) is 5.92. The molecule has 0 fully saturated rings. The maximum atomic E-state index is 9.18. The highest BCUT2D eigenvalue weighted by molar-refractivity contribution is 5.85.